The summed E-state index contributed by atoms with van der Waals surface area (Å²) in [7, 11) is 0. The van der Waals surface area contributed by atoms with Gasteiger partial charge < -0.3 is 0 Å². The fourth-order valence-corrected chi connectivity index (χ4v) is 2.38. The van der Waals surface area contributed by atoms with Crippen LogP contribution in [-0.2, 0) is 0 Å². The van der Waals surface area contributed by atoms with Crippen molar-refractivity contribution in [3.05, 3.63) is 41.6 Å². The van der Waals surface area contributed by atoms with Gasteiger partial charge in [-0.1, -0.05) is 18.5 Å². The predicted molar refractivity (Wildman–Crippen MR) is 68.8 cm³/mol. The molecule has 0 N–H and O–H groups in total. The third-order valence-electron chi connectivity index (χ3n) is 2.15. The largest absolute Gasteiger partial charge is 0.255 e. The average Bonchev–Trinajstić information content (AvgIpc) is 2.31. The molecule has 0 aromatic carbocycles. The monoisotopic (exact) mass is 268 g/mol. The van der Waals surface area contributed by atoms with Crippen LogP contribution in [0.3, 0.4) is 0 Å². The van der Waals surface area contributed by atoms with E-state index in [1.54, 1.807) is 18.0 Å². The minimum atomic E-state index is -0.401. The molecule has 17 heavy (non-hydrogen) atoms. The molecule has 0 fully saturated rings. The molecule has 2 nitrogen and oxygen atoms in total. The summed E-state index contributed by atoms with van der Waals surface area (Å²) in [4.78, 5) is 9.05. The van der Waals surface area contributed by atoms with E-state index in [1.165, 1.54) is 12.3 Å². The van der Waals surface area contributed by atoms with E-state index in [0.29, 0.717) is 11.3 Å². The van der Waals surface area contributed by atoms with E-state index in [-0.39, 0.29) is 5.15 Å². The normalized spacial score (nSPS) is 10.5. The molecule has 2 aromatic rings. The lowest BCUT2D eigenvalue weighted by atomic mass is 10.2. The molecule has 2 aromatic heterocycles. The summed E-state index contributed by atoms with van der Waals surface area (Å²) < 4.78 is 13.8. The van der Waals surface area contributed by atoms with Crippen molar-refractivity contribution >= 4 is 23.4 Å². The number of hydrogen-bond acceptors (Lipinski definition) is 3. The van der Waals surface area contributed by atoms with E-state index in [9.17, 15) is 4.39 Å². The van der Waals surface area contributed by atoms with Gasteiger partial charge in [-0.2, -0.15) is 0 Å². The van der Waals surface area contributed by atoms with E-state index in [4.69, 9.17) is 11.6 Å². The molecule has 0 atom stereocenters. The smallest absolute Gasteiger partial charge is 0.137 e. The number of nitrogens with zero attached hydrogens (tertiary/aromatic N) is 2. The van der Waals surface area contributed by atoms with Crippen LogP contribution < -0.4 is 0 Å². The molecule has 0 spiro atoms. The molecule has 0 bridgehead atoms. The molecule has 0 aliphatic carbocycles. The van der Waals surface area contributed by atoms with E-state index >= 15 is 0 Å². The first-order valence-electron chi connectivity index (χ1n) is 5.11. The molecular formula is C12H10ClFN2S. The Labute approximate surface area is 108 Å². The van der Waals surface area contributed by atoms with E-state index in [0.717, 1.165) is 10.6 Å². The molecule has 5 heteroatoms. The molecule has 88 valence electrons. The second-order valence-corrected chi connectivity index (χ2v) is 4.96. The number of pyridine rings is 2. The molecule has 0 saturated heterocycles. The minimum absolute atomic E-state index is 0.145. The second kappa shape index (κ2) is 5.47. The molecule has 0 saturated carbocycles. The highest BCUT2D eigenvalue weighted by molar-refractivity contribution is 7.99. The lowest BCUT2D eigenvalue weighted by Crippen LogP contribution is -1.92. The van der Waals surface area contributed by atoms with Crippen LogP contribution in [0, 0.1) is 5.82 Å². The van der Waals surface area contributed by atoms with Gasteiger partial charge in [0, 0.05) is 23.4 Å². The molecule has 2 rings (SSSR count). The van der Waals surface area contributed by atoms with Gasteiger partial charge in [-0.15, -0.1) is 11.8 Å². The highest BCUT2D eigenvalue weighted by Crippen LogP contribution is 2.30. The highest BCUT2D eigenvalue weighted by Gasteiger charge is 2.12. The van der Waals surface area contributed by atoms with Gasteiger partial charge in [0.25, 0.3) is 0 Å². The third-order valence-corrected chi connectivity index (χ3v) is 3.28. The Morgan fingerprint density at radius 3 is 2.94 bits per heavy atom. The zero-order valence-electron chi connectivity index (χ0n) is 9.15. The molecule has 0 amide bonds. The van der Waals surface area contributed by atoms with Crippen molar-refractivity contribution < 1.29 is 4.39 Å². The van der Waals surface area contributed by atoms with E-state index in [1.807, 2.05) is 19.1 Å². The Balaban J connectivity index is 2.52. The van der Waals surface area contributed by atoms with Crippen molar-refractivity contribution in [3.63, 3.8) is 0 Å². The summed E-state index contributed by atoms with van der Waals surface area (Å²) in [5, 5.41) is 0.145. The van der Waals surface area contributed by atoms with Crippen molar-refractivity contribution in [1.29, 1.82) is 0 Å². The summed E-state index contributed by atoms with van der Waals surface area (Å²) in [5.74, 6) is 0.503. The van der Waals surface area contributed by atoms with Gasteiger partial charge in [0.05, 0.1) is 11.3 Å². The predicted octanol–water partition coefficient (Wildman–Crippen LogP) is 4.05. The van der Waals surface area contributed by atoms with Crippen molar-refractivity contribution in [2.24, 2.45) is 0 Å². The van der Waals surface area contributed by atoms with Crippen LogP contribution in [0.15, 0.2) is 35.5 Å². The number of thioether (sulfide) groups is 1. The van der Waals surface area contributed by atoms with Crippen molar-refractivity contribution in [2.75, 3.05) is 5.75 Å². The minimum Gasteiger partial charge on any atom is -0.255 e. The van der Waals surface area contributed by atoms with Gasteiger partial charge in [-0.25, -0.2) is 9.37 Å². The summed E-state index contributed by atoms with van der Waals surface area (Å²) in [6.07, 6.45) is 3.06. The Bertz CT molecular complexity index is 534. The Hall–Kier alpha value is -1.13. The highest BCUT2D eigenvalue weighted by atomic mass is 35.5. The Kier molecular flexibility index (Phi) is 3.97. The van der Waals surface area contributed by atoms with Crippen LogP contribution in [0.4, 0.5) is 4.39 Å². The van der Waals surface area contributed by atoms with Gasteiger partial charge in [0.2, 0.25) is 0 Å². The first-order valence-corrected chi connectivity index (χ1v) is 6.48. The fraction of sp³-hybridized carbons (Fsp3) is 0.167. The molecule has 2 heterocycles. The van der Waals surface area contributed by atoms with Crippen LogP contribution in [0.1, 0.15) is 6.92 Å². The van der Waals surface area contributed by atoms with Crippen molar-refractivity contribution in [2.45, 2.75) is 11.8 Å². The maximum Gasteiger partial charge on any atom is 0.137 e. The quantitative estimate of drug-likeness (QED) is 0.620. The zero-order valence-corrected chi connectivity index (χ0v) is 10.7. The van der Waals surface area contributed by atoms with Crippen molar-refractivity contribution in [1.82, 2.24) is 9.97 Å². The number of hydrogen-bond donors (Lipinski definition) is 0. The topological polar surface area (TPSA) is 25.8 Å². The Morgan fingerprint density at radius 1 is 1.41 bits per heavy atom. The molecular weight excluding hydrogens is 259 g/mol. The van der Waals surface area contributed by atoms with Gasteiger partial charge in [-0.3, -0.25) is 4.98 Å². The first kappa shape index (κ1) is 12.3. The maximum atomic E-state index is 13.8. The first-order chi connectivity index (χ1) is 8.22. The third kappa shape index (κ3) is 2.76. The second-order valence-electron chi connectivity index (χ2n) is 3.27. The molecule has 0 aliphatic rings. The number of halogens is 2. The maximum absolute atomic E-state index is 13.8. The van der Waals surface area contributed by atoms with Crippen LogP contribution in [0.25, 0.3) is 11.3 Å². The summed E-state index contributed by atoms with van der Waals surface area (Å²) in [5.41, 5.74) is 0.993. The molecule has 0 aliphatic heterocycles. The summed E-state index contributed by atoms with van der Waals surface area (Å²) in [6.45, 7) is 2.04. The van der Waals surface area contributed by atoms with Crippen molar-refractivity contribution in [3.8, 4) is 11.3 Å². The Morgan fingerprint density at radius 2 is 2.24 bits per heavy atom. The number of aromatic nitrogens is 2. The van der Waals surface area contributed by atoms with E-state index in [2.05, 4.69) is 9.97 Å². The lowest BCUT2D eigenvalue weighted by molar-refractivity contribution is 0.628. The molecule has 0 unspecified atom stereocenters. The zero-order chi connectivity index (χ0) is 12.3. The van der Waals surface area contributed by atoms with E-state index < -0.39 is 5.82 Å². The van der Waals surface area contributed by atoms with Gasteiger partial charge in [-0.05, 0) is 17.9 Å². The van der Waals surface area contributed by atoms with Crippen LogP contribution in [-0.4, -0.2) is 15.7 Å². The lowest BCUT2D eigenvalue weighted by Gasteiger charge is -2.07. The molecule has 0 radical (unpaired) electrons. The van der Waals surface area contributed by atoms with Crippen LogP contribution >= 0.6 is 23.4 Å². The van der Waals surface area contributed by atoms with Crippen LogP contribution in [0.5, 0.6) is 0 Å². The van der Waals surface area contributed by atoms with Crippen LogP contribution in [0.2, 0.25) is 5.15 Å². The summed E-state index contributed by atoms with van der Waals surface area (Å²) >= 11 is 7.25. The summed E-state index contributed by atoms with van der Waals surface area (Å²) in [6, 6.07) is 4.96. The SMILES string of the molecule is CCSc1cccnc1-c1cnc(Cl)cc1F. The van der Waals surface area contributed by atoms with Gasteiger partial charge >= 0.3 is 0 Å². The fourth-order valence-electron chi connectivity index (χ4n) is 1.45. The van der Waals surface area contributed by atoms with Gasteiger partial charge in [0.15, 0.2) is 0 Å². The standard InChI is InChI=1S/C12H10ClFN2S/c1-2-17-10-4-3-5-15-12(10)8-7-16-11(13)6-9(8)14/h3-7H,2H2,1H3. The number of rotatable bonds is 3. The van der Waals surface area contributed by atoms with Gasteiger partial charge in [0.1, 0.15) is 11.0 Å². The average molecular weight is 269 g/mol.